The van der Waals surface area contributed by atoms with Crippen molar-refractivity contribution in [1.82, 2.24) is 5.43 Å². The van der Waals surface area contributed by atoms with Crippen molar-refractivity contribution < 1.29 is 4.79 Å². The Hall–Kier alpha value is -2.10. The maximum absolute atomic E-state index is 12.0. The van der Waals surface area contributed by atoms with Gasteiger partial charge in [0.1, 0.15) is 0 Å². The van der Waals surface area contributed by atoms with Gasteiger partial charge in [0, 0.05) is 11.3 Å². The normalized spacial score (nSPS) is 19.6. The minimum atomic E-state index is -0.216. The zero-order chi connectivity index (χ0) is 14.8. The third-order valence-electron chi connectivity index (χ3n) is 3.30. The molecule has 1 aliphatic carbocycles. The van der Waals surface area contributed by atoms with Gasteiger partial charge in [-0.3, -0.25) is 4.79 Å². The molecule has 0 aromatic heterocycles. The number of hydrogen-bond donors (Lipinski definition) is 2. The average Bonchev–Trinajstić information content (AvgIpc) is 2.34. The van der Waals surface area contributed by atoms with E-state index in [9.17, 15) is 4.79 Å². The number of benzene rings is 1. The molecule has 0 heterocycles. The summed E-state index contributed by atoms with van der Waals surface area (Å²) < 4.78 is 0. The van der Waals surface area contributed by atoms with Gasteiger partial charge in [-0.15, -0.1) is 0 Å². The van der Waals surface area contributed by atoms with Crippen LogP contribution in [0.2, 0.25) is 0 Å². The fourth-order valence-corrected chi connectivity index (χ4v) is 2.59. The largest absolute Gasteiger partial charge is 0.399 e. The Kier molecular flexibility index (Phi) is 3.93. The van der Waals surface area contributed by atoms with Gasteiger partial charge in [-0.2, -0.15) is 5.10 Å². The van der Waals surface area contributed by atoms with Gasteiger partial charge in [-0.1, -0.05) is 19.4 Å². The van der Waals surface area contributed by atoms with Gasteiger partial charge in [-0.05, 0) is 55.5 Å². The monoisotopic (exact) mass is 271 g/mol. The van der Waals surface area contributed by atoms with E-state index >= 15 is 0 Å². The summed E-state index contributed by atoms with van der Waals surface area (Å²) in [6.07, 6.45) is 3.98. The molecule has 0 radical (unpaired) electrons. The Morgan fingerprint density at radius 1 is 1.25 bits per heavy atom. The molecule has 0 spiro atoms. The van der Waals surface area contributed by atoms with E-state index in [1.54, 1.807) is 24.3 Å². The highest BCUT2D eigenvalue weighted by Crippen LogP contribution is 2.33. The molecule has 106 valence electrons. The van der Waals surface area contributed by atoms with Gasteiger partial charge in [0.05, 0.1) is 5.71 Å². The van der Waals surface area contributed by atoms with Crippen molar-refractivity contribution in [2.24, 2.45) is 10.5 Å². The second kappa shape index (κ2) is 5.49. The zero-order valence-electron chi connectivity index (χ0n) is 12.2. The molecular formula is C16H21N3O. The smallest absolute Gasteiger partial charge is 0.271 e. The molecule has 4 heteroatoms. The van der Waals surface area contributed by atoms with Gasteiger partial charge in [0.25, 0.3) is 5.91 Å². The van der Waals surface area contributed by atoms with Gasteiger partial charge in [0.2, 0.25) is 0 Å². The van der Waals surface area contributed by atoms with Crippen molar-refractivity contribution in [3.8, 4) is 0 Å². The third-order valence-corrected chi connectivity index (χ3v) is 3.30. The molecule has 0 saturated carbocycles. The molecule has 1 aliphatic rings. The first-order chi connectivity index (χ1) is 9.35. The number of amides is 1. The highest BCUT2D eigenvalue weighted by Gasteiger charge is 2.24. The van der Waals surface area contributed by atoms with Gasteiger partial charge in [-0.25, -0.2) is 5.43 Å². The van der Waals surface area contributed by atoms with E-state index in [4.69, 9.17) is 5.73 Å². The molecule has 1 aromatic rings. The number of allylic oxidation sites excluding steroid dienone is 2. The summed E-state index contributed by atoms with van der Waals surface area (Å²) in [6.45, 7) is 6.51. The van der Waals surface area contributed by atoms with Crippen molar-refractivity contribution in [3.63, 3.8) is 0 Å². The summed E-state index contributed by atoms with van der Waals surface area (Å²) in [6, 6.07) is 6.79. The second-order valence-electron chi connectivity index (χ2n) is 6.17. The van der Waals surface area contributed by atoms with E-state index < -0.39 is 0 Å². The lowest BCUT2D eigenvalue weighted by molar-refractivity contribution is 0.0954. The van der Waals surface area contributed by atoms with Crippen LogP contribution in [0.4, 0.5) is 5.69 Å². The van der Waals surface area contributed by atoms with Crippen molar-refractivity contribution in [1.29, 1.82) is 0 Å². The Morgan fingerprint density at radius 2 is 1.90 bits per heavy atom. The Labute approximate surface area is 119 Å². The van der Waals surface area contributed by atoms with Crippen molar-refractivity contribution in [2.45, 2.75) is 33.6 Å². The number of hydrogen-bond acceptors (Lipinski definition) is 3. The first-order valence-corrected chi connectivity index (χ1v) is 6.75. The molecule has 1 amide bonds. The minimum absolute atomic E-state index is 0.198. The second-order valence-corrected chi connectivity index (χ2v) is 6.17. The van der Waals surface area contributed by atoms with E-state index in [2.05, 4.69) is 37.4 Å². The number of nitrogens with zero attached hydrogens (tertiary/aromatic N) is 1. The molecular weight excluding hydrogens is 250 g/mol. The highest BCUT2D eigenvalue weighted by molar-refractivity contribution is 5.99. The number of nitrogen functional groups attached to an aromatic ring is 1. The van der Waals surface area contributed by atoms with E-state index in [0.29, 0.717) is 11.3 Å². The summed E-state index contributed by atoms with van der Waals surface area (Å²) in [5.41, 5.74) is 11.8. The Morgan fingerprint density at radius 3 is 2.50 bits per heavy atom. The summed E-state index contributed by atoms with van der Waals surface area (Å²) in [7, 11) is 0. The minimum Gasteiger partial charge on any atom is -0.399 e. The number of nitrogens with two attached hydrogens (primary N) is 1. The van der Waals surface area contributed by atoms with Crippen molar-refractivity contribution in [2.75, 3.05) is 5.73 Å². The number of hydrazone groups is 1. The fourth-order valence-electron chi connectivity index (χ4n) is 2.59. The van der Waals surface area contributed by atoms with Crippen LogP contribution < -0.4 is 11.2 Å². The molecule has 0 atom stereocenters. The molecule has 20 heavy (non-hydrogen) atoms. The number of rotatable bonds is 2. The molecule has 0 saturated heterocycles. The van der Waals surface area contributed by atoms with Crippen LogP contribution in [0.25, 0.3) is 0 Å². The van der Waals surface area contributed by atoms with Gasteiger partial charge < -0.3 is 5.73 Å². The lowest BCUT2D eigenvalue weighted by Crippen LogP contribution is -2.25. The maximum Gasteiger partial charge on any atom is 0.271 e. The van der Waals surface area contributed by atoms with E-state index in [1.165, 1.54) is 5.57 Å². The quantitative estimate of drug-likeness (QED) is 0.641. The molecule has 0 bridgehead atoms. The number of nitrogens with one attached hydrogen (secondary N) is 1. The summed E-state index contributed by atoms with van der Waals surface area (Å²) >= 11 is 0. The predicted octanol–water partition coefficient (Wildman–Crippen LogP) is 3.12. The zero-order valence-corrected chi connectivity index (χ0v) is 12.2. The van der Waals surface area contributed by atoms with Gasteiger partial charge >= 0.3 is 0 Å². The van der Waals surface area contributed by atoms with E-state index in [1.807, 2.05) is 0 Å². The Bertz CT molecular complexity index is 568. The topological polar surface area (TPSA) is 67.5 Å². The van der Waals surface area contributed by atoms with Crippen LogP contribution in [-0.4, -0.2) is 11.6 Å². The molecule has 2 rings (SSSR count). The average molecular weight is 271 g/mol. The lowest BCUT2D eigenvalue weighted by Gasteiger charge is -2.29. The summed E-state index contributed by atoms with van der Waals surface area (Å²) in [5.74, 6) is -0.216. The van der Waals surface area contributed by atoms with Crippen LogP contribution in [0.3, 0.4) is 0 Å². The summed E-state index contributed by atoms with van der Waals surface area (Å²) in [5, 5.41) is 4.24. The van der Waals surface area contributed by atoms with Crippen LogP contribution in [0.15, 0.2) is 41.0 Å². The maximum atomic E-state index is 12.0. The number of carbonyl (C=O) groups excluding carboxylic acids is 1. The Balaban J connectivity index is 2.07. The van der Waals surface area contributed by atoms with Crippen LogP contribution >= 0.6 is 0 Å². The van der Waals surface area contributed by atoms with E-state index in [0.717, 1.165) is 18.6 Å². The van der Waals surface area contributed by atoms with Crippen molar-refractivity contribution in [3.05, 3.63) is 41.5 Å². The fraction of sp³-hybridized carbons (Fsp3) is 0.375. The number of carbonyl (C=O) groups is 1. The predicted molar refractivity (Wildman–Crippen MR) is 82.5 cm³/mol. The summed E-state index contributed by atoms with van der Waals surface area (Å²) in [4.78, 5) is 12.0. The molecule has 1 aromatic carbocycles. The van der Waals surface area contributed by atoms with Crippen LogP contribution in [0, 0.1) is 5.41 Å². The molecule has 0 aliphatic heterocycles. The lowest BCUT2D eigenvalue weighted by atomic mass is 9.77. The third kappa shape index (κ3) is 3.70. The van der Waals surface area contributed by atoms with Gasteiger partial charge in [0.15, 0.2) is 0 Å². The van der Waals surface area contributed by atoms with Crippen LogP contribution in [0.5, 0.6) is 0 Å². The molecule has 4 nitrogen and oxygen atoms in total. The first kappa shape index (κ1) is 14.3. The standard InChI is InChI=1S/C16H21N3O/c1-11-8-14(10-16(2,3)9-11)18-19-15(20)12-4-6-13(17)7-5-12/h4-8H,9-10,17H2,1-3H3,(H,19,20)/b18-14-. The molecule has 0 unspecified atom stereocenters. The number of anilines is 1. The van der Waals surface area contributed by atoms with Crippen molar-refractivity contribution >= 4 is 17.3 Å². The van der Waals surface area contributed by atoms with Crippen LogP contribution in [0.1, 0.15) is 44.0 Å². The first-order valence-electron chi connectivity index (χ1n) is 6.75. The molecule has 3 N–H and O–H groups in total. The molecule has 0 fully saturated rings. The SMILES string of the molecule is CC1=C/C(=N/NC(=O)c2ccc(N)cc2)CC(C)(C)C1. The van der Waals surface area contributed by atoms with Crippen LogP contribution in [-0.2, 0) is 0 Å². The van der Waals surface area contributed by atoms with E-state index in [-0.39, 0.29) is 11.3 Å². The highest BCUT2D eigenvalue weighted by atomic mass is 16.2.